The monoisotopic (exact) mass is 265 g/mol. The fourth-order valence-corrected chi connectivity index (χ4v) is 2.30. The molecule has 19 heavy (non-hydrogen) atoms. The highest BCUT2D eigenvalue weighted by Crippen LogP contribution is 2.22. The maximum absolute atomic E-state index is 13.9. The first kappa shape index (κ1) is 13.3. The van der Waals surface area contributed by atoms with Crippen LogP contribution in [0.4, 0.5) is 10.1 Å². The number of rotatable bonds is 2. The lowest BCUT2D eigenvalue weighted by Gasteiger charge is -2.17. The predicted molar refractivity (Wildman–Crippen MR) is 68.8 cm³/mol. The number of aryl methyl sites for hydroxylation is 1. The van der Waals surface area contributed by atoms with Crippen molar-refractivity contribution in [3.8, 4) is 0 Å². The summed E-state index contributed by atoms with van der Waals surface area (Å²) in [6.45, 7) is 2.19. The molecule has 1 heterocycles. The van der Waals surface area contributed by atoms with Crippen molar-refractivity contribution in [2.45, 2.75) is 13.3 Å². The second-order valence-corrected chi connectivity index (χ2v) is 4.84. The first-order valence-electron chi connectivity index (χ1n) is 6.04. The average molecular weight is 265 g/mol. The number of likely N-dealkylation sites (tertiary alicyclic amines) is 1. The zero-order chi connectivity index (χ0) is 14.2. The standard InChI is InChI=1S/C13H16FN3O2/c1-7-4-9(15)5-10(11(7)14)13(19)17-3-2-8(6-17)12(16)18/h4-5,8H,2-3,6,15H2,1H3,(H2,16,18). The second-order valence-electron chi connectivity index (χ2n) is 4.84. The highest BCUT2D eigenvalue weighted by molar-refractivity contribution is 5.96. The molecule has 0 radical (unpaired) electrons. The van der Waals surface area contributed by atoms with Crippen LogP contribution in [0, 0.1) is 18.7 Å². The van der Waals surface area contributed by atoms with Gasteiger partial charge in [-0.1, -0.05) is 0 Å². The Morgan fingerprint density at radius 2 is 2.11 bits per heavy atom. The number of carbonyl (C=O) groups is 2. The van der Waals surface area contributed by atoms with E-state index in [1.54, 1.807) is 6.92 Å². The van der Waals surface area contributed by atoms with E-state index in [1.165, 1.54) is 17.0 Å². The molecular weight excluding hydrogens is 249 g/mol. The Kier molecular flexibility index (Phi) is 3.42. The molecule has 1 saturated heterocycles. The lowest BCUT2D eigenvalue weighted by molar-refractivity contribution is -0.121. The smallest absolute Gasteiger partial charge is 0.256 e. The number of halogens is 1. The molecule has 4 N–H and O–H groups in total. The Labute approximate surface area is 110 Å². The minimum atomic E-state index is -0.568. The summed E-state index contributed by atoms with van der Waals surface area (Å²) in [6, 6.07) is 2.80. The third-order valence-electron chi connectivity index (χ3n) is 3.39. The van der Waals surface area contributed by atoms with Gasteiger partial charge in [0.1, 0.15) is 5.82 Å². The minimum absolute atomic E-state index is 0.0531. The van der Waals surface area contributed by atoms with Crippen LogP contribution in [0.25, 0.3) is 0 Å². The summed E-state index contributed by atoms with van der Waals surface area (Å²) in [5, 5.41) is 0. The van der Waals surface area contributed by atoms with E-state index in [2.05, 4.69) is 0 Å². The first-order valence-corrected chi connectivity index (χ1v) is 6.04. The molecule has 2 rings (SSSR count). The molecule has 0 saturated carbocycles. The molecule has 0 aliphatic carbocycles. The molecule has 0 aromatic heterocycles. The summed E-state index contributed by atoms with van der Waals surface area (Å²) < 4.78 is 13.9. The SMILES string of the molecule is Cc1cc(N)cc(C(=O)N2CCC(C(N)=O)C2)c1F. The number of benzene rings is 1. The van der Waals surface area contributed by atoms with Crippen LogP contribution in [0.1, 0.15) is 22.3 Å². The number of primary amides is 1. The molecule has 1 aromatic rings. The number of hydrogen-bond acceptors (Lipinski definition) is 3. The Hall–Kier alpha value is -2.11. The number of carbonyl (C=O) groups excluding carboxylic acids is 2. The van der Waals surface area contributed by atoms with Gasteiger partial charge in [0, 0.05) is 18.8 Å². The fourth-order valence-electron chi connectivity index (χ4n) is 2.30. The zero-order valence-corrected chi connectivity index (χ0v) is 10.6. The van der Waals surface area contributed by atoms with Crippen molar-refractivity contribution in [1.29, 1.82) is 0 Å². The normalized spacial score (nSPS) is 18.6. The van der Waals surface area contributed by atoms with E-state index in [0.717, 1.165) is 0 Å². The van der Waals surface area contributed by atoms with Gasteiger partial charge in [0.05, 0.1) is 11.5 Å². The molecule has 0 spiro atoms. The zero-order valence-electron chi connectivity index (χ0n) is 10.6. The molecule has 1 unspecified atom stereocenters. The van der Waals surface area contributed by atoms with E-state index >= 15 is 0 Å². The lowest BCUT2D eigenvalue weighted by Crippen LogP contribution is -2.32. The molecule has 2 amide bonds. The minimum Gasteiger partial charge on any atom is -0.399 e. The second kappa shape index (κ2) is 4.87. The van der Waals surface area contributed by atoms with Crippen LogP contribution in [-0.4, -0.2) is 29.8 Å². The van der Waals surface area contributed by atoms with Crippen molar-refractivity contribution >= 4 is 17.5 Å². The quantitative estimate of drug-likeness (QED) is 0.770. The predicted octanol–water partition coefficient (Wildman–Crippen LogP) is 0.664. The summed E-state index contributed by atoms with van der Waals surface area (Å²) in [4.78, 5) is 24.7. The molecule has 0 bridgehead atoms. The summed E-state index contributed by atoms with van der Waals surface area (Å²) in [5.74, 6) is -1.80. The highest BCUT2D eigenvalue weighted by atomic mass is 19.1. The average Bonchev–Trinajstić information content (AvgIpc) is 2.82. The number of anilines is 1. The topological polar surface area (TPSA) is 89.4 Å². The van der Waals surface area contributed by atoms with Gasteiger partial charge in [0.25, 0.3) is 5.91 Å². The van der Waals surface area contributed by atoms with Gasteiger partial charge in [0.15, 0.2) is 0 Å². The molecule has 1 aliphatic heterocycles. The maximum Gasteiger partial charge on any atom is 0.256 e. The van der Waals surface area contributed by atoms with Crippen LogP contribution < -0.4 is 11.5 Å². The van der Waals surface area contributed by atoms with Crippen LogP contribution in [0.3, 0.4) is 0 Å². The van der Waals surface area contributed by atoms with E-state index < -0.39 is 17.6 Å². The number of nitrogens with zero attached hydrogens (tertiary/aromatic N) is 1. The molecule has 6 heteroatoms. The number of nitrogen functional groups attached to an aromatic ring is 1. The lowest BCUT2D eigenvalue weighted by atomic mass is 10.1. The van der Waals surface area contributed by atoms with Gasteiger partial charge >= 0.3 is 0 Å². The van der Waals surface area contributed by atoms with Crippen molar-refractivity contribution in [3.05, 3.63) is 29.1 Å². The highest BCUT2D eigenvalue weighted by Gasteiger charge is 2.31. The van der Waals surface area contributed by atoms with Crippen molar-refractivity contribution in [2.24, 2.45) is 11.7 Å². The van der Waals surface area contributed by atoms with Gasteiger partial charge in [-0.2, -0.15) is 0 Å². The van der Waals surface area contributed by atoms with Gasteiger partial charge in [-0.05, 0) is 31.0 Å². The van der Waals surface area contributed by atoms with Crippen LogP contribution >= 0.6 is 0 Å². The summed E-state index contributed by atoms with van der Waals surface area (Å²) in [7, 11) is 0. The van der Waals surface area contributed by atoms with Gasteiger partial charge in [-0.25, -0.2) is 4.39 Å². The van der Waals surface area contributed by atoms with E-state index in [1.807, 2.05) is 0 Å². The molecule has 1 aromatic carbocycles. The van der Waals surface area contributed by atoms with E-state index in [-0.39, 0.29) is 18.0 Å². The summed E-state index contributed by atoms with van der Waals surface area (Å²) in [5.41, 5.74) is 11.5. The maximum atomic E-state index is 13.9. The van der Waals surface area contributed by atoms with Gasteiger partial charge in [0.2, 0.25) is 5.91 Å². The van der Waals surface area contributed by atoms with Crippen molar-refractivity contribution in [2.75, 3.05) is 18.8 Å². The Morgan fingerprint density at radius 3 is 2.68 bits per heavy atom. The van der Waals surface area contributed by atoms with Gasteiger partial charge in [-0.15, -0.1) is 0 Å². The Bertz CT molecular complexity index is 545. The molecular formula is C13H16FN3O2. The Morgan fingerprint density at radius 1 is 1.42 bits per heavy atom. The number of hydrogen-bond donors (Lipinski definition) is 2. The number of nitrogens with two attached hydrogens (primary N) is 2. The molecule has 102 valence electrons. The summed E-state index contributed by atoms with van der Waals surface area (Å²) in [6.07, 6.45) is 0.518. The van der Waals surface area contributed by atoms with Crippen molar-refractivity contribution in [1.82, 2.24) is 4.90 Å². The first-order chi connectivity index (χ1) is 8.90. The fraction of sp³-hybridized carbons (Fsp3) is 0.385. The van der Waals surface area contributed by atoms with Crippen molar-refractivity contribution < 1.29 is 14.0 Å². The van der Waals surface area contributed by atoms with E-state index in [4.69, 9.17) is 11.5 Å². The molecule has 5 nitrogen and oxygen atoms in total. The van der Waals surface area contributed by atoms with Gasteiger partial charge in [-0.3, -0.25) is 9.59 Å². The number of amides is 2. The largest absolute Gasteiger partial charge is 0.399 e. The third kappa shape index (κ3) is 2.52. The van der Waals surface area contributed by atoms with Crippen LogP contribution in [0.5, 0.6) is 0 Å². The Balaban J connectivity index is 2.24. The third-order valence-corrected chi connectivity index (χ3v) is 3.39. The van der Waals surface area contributed by atoms with E-state index in [0.29, 0.717) is 24.2 Å². The van der Waals surface area contributed by atoms with Crippen LogP contribution in [-0.2, 0) is 4.79 Å². The van der Waals surface area contributed by atoms with E-state index in [9.17, 15) is 14.0 Å². The molecule has 1 aliphatic rings. The van der Waals surface area contributed by atoms with Crippen LogP contribution in [0.2, 0.25) is 0 Å². The molecule has 1 fully saturated rings. The molecule has 1 atom stereocenters. The summed E-state index contributed by atoms with van der Waals surface area (Å²) >= 11 is 0. The van der Waals surface area contributed by atoms with Gasteiger partial charge < -0.3 is 16.4 Å². The van der Waals surface area contributed by atoms with Crippen molar-refractivity contribution in [3.63, 3.8) is 0 Å². The van der Waals surface area contributed by atoms with Crippen LogP contribution in [0.15, 0.2) is 12.1 Å².